The molecule has 3 atom stereocenters. The van der Waals surface area contributed by atoms with Crippen LogP contribution in [0.25, 0.3) is 0 Å². The van der Waals surface area contributed by atoms with Crippen LogP contribution in [0.15, 0.2) is 12.2 Å². The second-order valence-corrected chi connectivity index (χ2v) is 7.86. The molecule has 9 nitrogen and oxygen atoms in total. The van der Waals surface area contributed by atoms with Crippen LogP contribution in [0.4, 0.5) is 0 Å². The molecule has 0 bridgehead atoms. The van der Waals surface area contributed by atoms with Gasteiger partial charge < -0.3 is 15.7 Å². The summed E-state index contributed by atoms with van der Waals surface area (Å²) in [5, 5.41) is 7.74. The van der Waals surface area contributed by atoms with Crippen molar-refractivity contribution in [1.29, 1.82) is 1.28 Å². The van der Waals surface area contributed by atoms with Crippen LogP contribution < -0.4 is 15.7 Å². The first kappa shape index (κ1) is 23.1. The van der Waals surface area contributed by atoms with Crippen molar-refractivity contribution in [3.05, 3.63) is 12.2 Å². The molecule has 0 aromatic heterocycles. The molecule has 11 heteroatoms. The first-order chi connectivity index (χ1) is 14.0. The van der Waals surface area contributed by atoms with Crippen molar-refractivity contribution < 1.29 is 24.0 Å². The first-order valence-corrected chi connectivity index (χ1v) is 11.0. The van der Waals surface area contributed by atoms with Crippen LogP contribution in [0.1, 0.15) is 46.5 Å². The highest BCUT2D eigenvalue weighted by Gasteiger charge is 2.27. The molecular weight excluding hydrogens is 394 g/mol. The monoisotopic (exact) mass is 425 g/mol. The molecule has 0 fully saturated rings. The van der Waals surface area contributed by atoms with Crippen molar-refractivity contribution in [2.24, 2.45) is 5.92 Å². The standard InChI is InChI=1S/C18H30BN4O5P/c1-11(2)16(18(28)20-12(3)17(27)22-29-19)21-13(24)7-5-4-6-10-23-14(25)8-9-15(23)26/h8-9,11-12,16,29H,4-7,10,19H2,1-3H3,(H,20,28)(H,21,24)(H,22,27)/t12-,16-,29?/m0/s1/i29D. The lowest BCUT2D eigenvalue weighted by molar-refractivity contribution is -0.137. The summed E-state index contributed by atoms with van der Waals surface area (Å²) < 4.78 is 7.42. The minimum absolute atomic E-state index is 0.177. The van der Waals surface area contributed by atoms with Crippen LogP contribution >= 0.6 is 8.56 Å². The molecule has 0 saturated heterocycles. The first-order valence-electron chi connectivity index (χ1n) is 10.1. The molecule has 0 aromatic carbocycles. The predicted molar refractivity (Wildman–Crippen MR) is 114 cm³/mol. The fourth-order valence-corrected chi connectivity index (χ4v) is 3.15. The van der Waals surface area contributed by atoms with E-state index in [2.05, 4.69) is 15.7 Å². The Morgan fingerprint density at radius 1 is 1.07 bits per heavy atom. The molecule has 1 rings (SSSR count). The summed E-state index contributed by atoms with van der Waals surface area (Å²) in [7, 11) is 0.194. The van der Waals surface area contributed by atoms with Crippen LogP contribution in [-0.4, -0.2) is 61.9 Å². The van der Waals surface area contributed by atoms with Crippen molar-refractivity contribution >= 4 is 45.7 Å². The number of hydrogen-bond acceptors (Lipinski definition) is 5. The Labute approximate surface area is 175 Å². The predicted octanol–water partition coefficient (Wildman–Crippen LogP) is -0.625. The molecule has 1 heterocycles. The maximum Gasteiger partial charge on any atom is 0.253 e. The van der Waals surface area contributed by atoms with E-state index in [1.165, 1.54) is 24.0 Å². The highest BCUT2D eigenvalue weighted by Crippen LogP contribution is 2.09. The highest BCUT2D eigenvalue weighted by molar-refractivity contribution is 7.65. The zero-order valence-corrected chi connectivity index (χ0v) is 18.3. The summed E-state index contributed by atoms with van der Waals surface area (Å²) in [6.07, 6.45) is 4.52. The van der Waals surface area contributed by atoms with Gasteiger partial charge in [-0.2, -0.15) is 0 Å². The van der Waals surface area contributed by atoms with Gasteiger partial charge in [0, 0.05) is 25.1 Å². The second-order valence-electron chi connectivity index (χ2n) is 7.19. The summed E-state index contributed by atoms with van der Waals surface area (Å²) in [4.78, 5) is 60.7. The third-order valence-corrected chi connectivity index (χ3v) is 4.87. The summed E-state index contributed by atoms with van der Waals surface area (Å²) >= 11 is 0. The molecular formula is C18H30BN4O5P. The van der Waals surface area contributed by atoms with E-state index in [9.17, 15) is 24.0 Å². The summed E-state index contributed by atoms with van der Waals surface area (Å²) in [6.45, 7) is 5.43. The van der Waals surface area contributed by atoms with Gasteiger partial charge in [-0.25, -0.2) is 0 Å². The third-order valence-electron chi connectivity index (χ3n) is 4.43. The van der Waals surface area contributed by atoms with E-state index in [1.807, 2.05) is 0 Å². The van der Waals surface area contributed by atoms with Gasteiger partial charge in [-0.15, -0.1) is 0 Å². The average Bonchev–Trinajstić information content (AvgIpc) is 2.96. The van der Waals surface area contributed by atoms with E-state index in [0.717, 1.165) is 0 Å². The lowest BCUT2D eigenvalue weighted by atomic mass is 10.0. The van der Waals surface area contributed by atoms with Crippen LogP contribution in [0.3, 0.4) is 0 Å². The van der Waals surface area contributed by atoms with Gasteiger partial charge in [-0.05, 0) is 25.7 Å². The Morgan fingerprint density at radius 2 is 1.69 bits per heavy atom. The molecule has 5 amide bonds. The van der Waals surface area contributed by atoms with Gasteiger partial charge in [-0.3, -0.25) is 28.9 Å². The fraction of sp³-hybridized carbons (Fsp3) is 0.611. The zero-order valence-electron chi connectivity index (χ0n) is 18.4. The van der Waals surface area contributed by atoms with Crippen LogP contribution in [0, 0.1) is 5.92 Å². The molecule has 0 radical (unpaired) electrons. The summed E-state index contributed by atoms with van der Waals surface area (Å²) in [5.41, 5.74) is 0. The molecule has 0 aromatic rings. The zero-order chi connectivity index (χ0) is 22.8. The highest BCUT2D eigenvalue weighted by atomic mass is 31.1. The summed E-state index contributed by atoms with van der Waals surface area (Å²) in [5.74, 6) is -1.98. The lowest BCUT2D eigenvalue weighted by Crippen LogP contribution is -2.54. The topological polar surface area (TPSA) is 125 Å². The Balaban J connectivity index is 2.38. The van der Waals surface area contributed by atoms with Gasteiger partial charge in [-0.1, -0.05) is 28.8 Å². The molecule has 1 aliphatic heterocycles. The molecule has 0 spiro atoms. The van der Waals surface area contributed by atoms with Crippen LogP contribution in [0.5, 0.6) is 0 Å². The average molecular weight is 425 g/mol. The van der Waals surface area contributed by atoms with Crippen LogP contribution in [0.2, 0.25) is 0 Å². The number of nitrogens with zero attached hydrogens (tertiary/aromatic N) is 1. The van der Waals surface area contributed by atoms with Crippen molar-refractivity contribution in [2.45, 2.75) is 58.5 Å². The van der Waals surface area contributed by atoms with Crippen molar-refractivity contribution in [3.8, 4) is 0 Å². The third kappa shape index (κ3) is 8.35. The number of nitrogens with one attached hydrogen (secondary N) is 3. The lowest BCUT2D eigenvalue weighted by Gasteiger charge is -2.23. The number of unbranched alkanes of at least 4 members (excludes halogenated alkanes) is 2. The van der Waals surface area contributed by atoms with Crippen molar-refractivity contribution in [3.63, 3.8) is 0 Å². The van der Waals surface area contributed by atoms with Crippen molar-refractivity contribution in [2.75, 3.05) is 6.54 Å². The number of imide groups is 1. The molecule has 29 heavy (non-hydrogen) atoms. The van der Waals surface area contributed by atoms with Gasteiger partial charge >= 0.3 is 0 Å². The van der Waals surface area contributed by atoms with Gasteiger partial charge in [0.25, 0.3) is 11.8 Å². The fourth-order valence-electron chi connectivity index (χ4n) is 2.74. The Kier molecular flexibility index (Phi) is 9.84. The Morgan fingerprint density at radius 3 is 2.24 bits per heavy atom. The van der Waals surface area contributed by atoms with Gasteiger partial charge in [0.15, 0.2) is 7.57 Å². The Hall–Kier alpha value is -2.22. The van der Waals surface area contributed by atoms with Crippen LogP contribution in [-0.2, 0) is 24.0 Å². The van der Waals surface area contributed by atoms with E-state index in [1.54, 1.807) is 21.4 Å². The molecule has 1 unspecified atom stereocenters. The molecule has 0 aliphatic carbocycles. The molecule has 0 saturated carbocycles. The number of amides is 5. The van der Waals surface area contributed by atoms with E-state index < -0.39 is 32.5 Å². The van der Waals surface area contributed by atoms with Gasteiger partial charge in [0.2, 0.25) is 17.7 Å². The van der Waals surface area contributed by atoms with E-state index in [4.69, 9.17) is 1.28 Å². The minimum Gasteiger partial charge on any atom is -0.345 e. The van der Waals surface area contributed by atoms with Crippen molar-refractivity contribution in [1.82, 2.24) is 20.6 Å². The van der Waals surface area contributed by atoms with E-state index >= 15 is 0 Å². The molecule has 3 N–H and O–H groups in total. The van der Waals surface area contributed by atoms with Gasteiger partial charge in [0.05, 0.1) is 1.28 Å². The number of carbonyl (C=O) groups is 5. The van der Waals surface area contributed by atoms with Gasteiger partial charge in [0.1, 0.15) is 12.1 Å². The second kappa shape index (κ2) is 12.4. The number of hydrogen-bond donors (Lipinski definition) is 3. The SMILES string of the molecule is [2H]P(B)NC(=O)[C@H](C)NC(=O)[C@@H](NC(=O)CCCCCN1C(=O)C=CC1=O)C(C)C. The quantitative estimate of drug-likeness (QED) is 0.166. The van der Waals surface area contributed by atoms with E-state index in [-0.39, 0.29) is 30.1 Å². The molecule has 160 valence electrons. The minimum atomic E-state index is -1.37. The molecule has 1 aliphatic rings. The van der Waals surface area contributed by atoms with E-state index in [0.29, 0.717) is 25.8 Å². The number of rotatable bonds is 12. The summed E-state index contributed by atoms with van der Waals surface area (Å²) in [6, 6.07) is -1.59. The maximum atomic E-state index is 12.5. The smallest absolute Gasteiger partial charge is 0.253 e. The number of carbonyl (C=O) groups excluding carboxylic acids is 5. The largest absolute Gasteiger partial charge is 0.345 e. The maximum absolute atomic E-state index is 12.5. The normalized spacial score (nSPS) is 17.0. The Bertz CT molecular complexity index is 686.